The van der Waals surface area contributed by atoms with E-state index in [0.717, 1.165) is 0 Å². The topological polar surface area (TPSA) is 108 Å². The number of halogens is 3. The number of carbonyl (C=O) groups excluding carboxylic acids is 1. The summed E-state index contributed by atoms with van der Waals surface area (Å²) >= 11 is 5.44. The highest BCUT2D eigenvalue weighted by Gasteiger charge is 2.57. The van der Waals surface area contributed by atoms with Crippen molar-refractivity contribution in [1.82, 2.24) is 10.2 Å². The quantitative estimate of drug-likeness (QED) is 0.507. The van der Waals surface area contributed by atoms with Gasteiger partial charge in [0, 0.05) is 8.94 Å². The first kappa shape index (κ1) is 12.7. The van der Waals surface area contributed by atoms with Crippen LogP contribution in [0, 0.1) is 0 Å². The van der Waals surface area contributed by atoms with Gasteiger partial charge in [0.1, 0.15) is 17.9 Å². The number of amides is 2. The van der Waals surface area contributed by atoms with Crippen LogP contribution in [0.5, 0.6) is 0 Å². The van der Waals surface area contributed by atoms with Crippen LogP contribution in [0.4, 0.5) is 13.6 Å². The van der Waals surface area contributed by atoms with E-state index < -0.39 is 54.6 Å². The zero-order valence-electron chi connectivity index (χ0n) is 12.0. The number of rotatable bonds is 3. The number of nitrogens with zero attached hydrogens (tertiary/aromatic N) is 1. The lowest BCUT2D eigenvalue weighted by molar-refractivity contribution is -0.119. The summed E-state index contributed by atoms with van der Waals surface area (Å²) in [6.45, 7) is -1.16. The van der Waals surface area contributed by atoms with Crippen molar-refractivity contribution >= 4 is 17.6 Å². The fourth-order valence-electron chi connectivity index (χ4n) is 1.95. The van der Waals surface area contributed by atoms with E-state index in [0.29, 0.717) is 11.1 Å². The summed E-state index contributed by atoms with van der Waals surface area (Å²) in [5.41, 5.74) is 2.71. The largest absolute Gasteiger partial charge is 0.393 e. The van der Waals surface area contributed by atoms with Crippen LogP contribution < -0.4 is 11.1 Å². The Morgan fingerprint density at radius 3 is 2.90 bits per heavy atom. The van der Waals surface area contributed by atoms with Crippen molar-refractivity contribution in [3.05, 3.63) is 12.0 Å². The molecule has 2 aliphatic heterocycles. The lowest BCUT2D eigenvalue weighted by Crippen LogP contribution is -2.56. The summed E-state index contributed by atoms with van der Waals surface area (Å²) in [5, 5.41) is 21.2. The van der Waals surface area contributed by atoms with E-state index in [-0.39, 0.29) is 0 Å². The molecule has 2 aliphatic rings. The van der Waals surface area contributed by atoms with E-state index in [9.17, 15) is 23.8 Å². The molecule has 1 unspecified atom stereocenters. The molecule has 0 radical (unpaired) electrons. The second kappa shape index (κ2) is 5.41. The van der Waals surface area contributed by atoms with Crippen molar-refractivity contribution < 1.29 is 31.3 Å². The molecule has 2 amide bonds. The Balaban J connectivity index is 2.37. The van der Waals surface area contributed by atoms with Crippen molar-refractivity contribution in [3.8, 4) is 0 Å². The third-order valence-electron chi connectivity index (χ3n) is 3.12. The van der Waals surface area contributed by atoms with Crippen molar-refractivity contribution in [3.63, 3.8) is 0 Å². The van der Waals surface area contributed by atoms with Gasteiger partial charge in [0.05, 0.1) is 12.4 Å². The number of hydrogen-bond donors (Lipinski definition) is 4. The Morgan fingerprint density at radius 1 is 1.75 bits per heavy atom. The van der Waals surface area contributed by atoms with Crippen molar-refractivity contribution in [2.24, 2.45) is 5.73 Å². The van der Waals surface area contributed by atoms with Gasteiger partial charge >= 0.3 is 6.03 Å². The first-order chi connectivity index (χ1) is 10.0. The molecule has 0 aromatic carbocycles. The molecular formula is C10H14ClF2N3O4. The highest BCUT2D eigenvalue weighted by Crippen LogP contribution is 2.36. The van der Waals surface area contributed by atoms with Gasteiger partial charge in [-0.05, 0) is 0 Å². The van der Waals surface area contributed by atoms with Crippen LogP contribution >= 0.6 is 11.6 Å². The molecule has 20 heavy (non-hydrogen) atoms. The van der Waals surface area contributed by atoms with Crippen LogP contribution in [0.25, 0.3) is 0 Å². The molecule has 0 saturated carbocycles. The molecule has 0 aromatic rings. The third-order valence-corrected chi connectivity index (χ3v) is 3.44. The number of hydrogen-bond acceptors (Lipinski definition) is 5. The van der Waals surface area contributed by atoms with Crippen LogP contribution in [0.15, 0.2) is 12.0 Å². The highest BCUT2D eigenvalue weighted by molar-refractivity contribution is 6.18. The summed E-state index contributed by atoms with van der Waals surface area (Å²) in [6.07, 6.45) is -7.26. The SMILES string of the molecule is [2H]C([2H])(Cl)[C@]1(CO)O[C@@H](N2C=C(F)C(N)NC2=O)[C@@H](F)[C@@H]1O. The molecular weight excluding hydrogens is 300 g/mol. The second-order valence-corrected chi connectivity index (χ2v) is 4.58. The maximum atomic E-state index is 14.3. The minimum Gasteiger partial charge on any atom is -0.393 e. The second-order valence-electron chi connectivity index (χ2n) is 4.39. The van der Waals surface area contributed by atoms with Gasteiger partial charge in [-0.3, -0.25) is 4.90 Å². The summed E-state index contributed by atoms with van der Waals surface area (Å²) < 4.78 is 47.6. The van der Waals surface area contributed by atoms with Gasteiger partial charge in [-0.2, -0.15) is 0 Å². The number of ether oxygens (including phenoxy) is 1. The monoisotopic (exact) mass is 315 g/mol. The Hall–Kier alpha value is -1.00. The number of urea groups is 1. The zero-order chi connectivity index (χ0) is 16.9. The van der Waals surface area contributed by atoms with Crippen LogP contribution in [-0.2, 0) is 4.74 Å². The third kappa shape index (κ3) is 2.25. The predicted octanol–water partition coefficient (Wildman–Crippen LogP) is -0.868. The minimum absolute atomic E-state index is 0.437. The Morgan fingerprint density at radius 2 is 2.40 bits per heavy atom. The number of nitrogens with two attached hydrogens (primary N) is 1. The predicted molar refractivity (Wildman–Crippen MR) is 63.8 cm³/mol. The first-order valence-electron chi connectivity index (χ1n) is 6.56. The van der Waals surface area contributed by atoms with Crippen molar-refractivity contribution in [2.45, 2.75) is 30.3 Å². The van der Waals surface area contributed by atoms with Gasteiger partial charge < -0.3 is 26.0 Å². The average Bonchev–Trinajstić information content (AvgIpc) is 2.67. The fourth-order valence-corrected chi connectivity index (χ4v) is 2.17. The van der Waals surface area contributed by atoms with Gasteiger partial charge in [0.15, 0.2) is 18.2 Å². The number of aliphatic hydroxyl groups excluding tert-OH is 2. The van der Waals surface area contributed by atoms with E-state index in [1.165, 1.54) is 0 Å². The maximum absolute atomic E-state index is 14.3. The van der Waals surface area contributed by atoms with Gasteiger partial charge in [0.25, 0.3) is 0 Å². The molecule has 2 rings (SSSR count). The smallest absolute Gasteiger partial charge is 0.325 e. The number of aliphatic hydroxyl groups is 2. The molecule has 114 valence electrons. The molecule has 10 heteroatoms. The van der Waals surface area contributed by atoms with Crippen LogP contribution in [0.3, 0.4) is 0 Å². The molecule has 0 aliphatic carbocycles. The van der Waals surface area contributed by atoms with E-state index in [2.05, 4.69) is 0 Å². The van der Waals surface area contributed by atoms with Crippen LogP contribution in [-0.4, -0.2) is 63.9 Å². The minimum atomic E-state index is -2.86. The van der Waals surface area contributed by atoms with Gasteiger partial charge in [0.2, 0.25) is 0 Å². The summed E-state index contributed by atoms with van der Waals surface area (Å²) in [5.74, 6) is -3.86. The summed E-state index contributed by atoms with van der Waals surface area (Å²) in [7, 11) is 0. The average molecular weight is 316 g/mol. The summed E-state index contributed by atoms with van der Waals surface area (Å²) in [6, 6.07) is -1.02. The molecule has 7 nitrogen and oxygen atoms in total. The zero-order valence-corrected chi connectivity index (χ0v) is 10.7. The first-order valence-corrected chi connectivity index (χ1v) is 5.94. The molecule has 2 heterocycles. The Kier molecular flexibility index (Phi) is 3.44. The lowest BCUT2D eigenvalue weighted by atomic mass is 9.99. The van der Waals surface area contributed by atoms with Gasteiger partial charge in [-0.15, -0.1) is 11.6 Å². The molecule has 5 atom stereocenters. The van der Waals surface area contributed by atoms with E-state index in [1.807, 2.05) is 5.32 Å². The van der Waals surface area contributed by atoms with E-state index >= 15 is 0 Å². The molecule has 5 N–H and O–H groups in total. The number of nitrogens with one attached hydrogen (secondary N) is 1. The van der Waals surface area contributed by atoms with Crippen LogP contribution in [0.2, 0.25) is 0 Å². The fraction of sp³-hybridized carbons (Fsp3) is 0.700. The van der Waals surface area contributed by atoms with Gasteiger partial charge in [-0.1, -0.05) is 0 Å². The van der Waals surface area contributed by atoms with E-state index in [1.54, 1.807) is 0 Å². The molecule has 0 aromatic heterocycles. The standard InChI is InChI=1S/C10H14ClF2N3O4/c11-2-10(3-17)6(18)5(13)8(20-10)16-1-4(12)7(14)15-9(16)19/h1,5-8,17-18H,2-3,14H2,(H,15,19)/t5-,6-,7?,8+,10+/m0/s1/i2D2. The highest BCUT2D eigenvalue weighted by atomic mass is 35.5. The Bertz CT molecular complexity index is 509. The normalized spacial score (nSPS) is 43.8. The molecule has 1 fully saturated rings. The molecule has 1 saturated heterocycles. The van der Waals surface area contributed by atoms with E-state index in [4.69, 9.17) is 24.8 Å². The number of carbonyl (C=O) groups is 1. The lowest BCUT2D eigenvalue weighted by Gasteiger charge is -2.32. The summed E-state index contributed by atoms with van der Waals surface area (Å²) in [4.78, 5) is 12.2. The maximum Gasteiger partial charge on any atom is 0.325 e. The van der Waals surface area contributed by atoms with Gasteiger partial charge in [-0.25, -0.2) is 13.6 Å². The Labute approximate surface area is 120 Å². The van der Waals surface area contributed by atoms with Crippen molar-refractivity contribution in [1.29, 1.82) is 0 Å². The number of alkyl halides is 2. The van der Waals surface area contributed by atoms with Crippen LogP contribution in [0.1, 0.15) is 2.74 Å². The van der Waals surface area contributed by atoms with Crippen molar-refractivity contribution in [2.75, 3.05) is 12.4 Å². The molecule has 0 bridgehead atoms. The molecule has 0 spiro atoms.